The SMILES string of the molecule is CCOC(=O)CN1CCCN(C(=O)CCc2nc(-c3ccncc3)no2)CC1. The number of carbonyl (C=O) groups excluding carboxylic acids is 2. The summed E-state index contributed by atoms with van der Waals surface area (Å²) in [5.41, 5.74) is 0.825. The van der Waals surface area contributed by atoms with E-state index < -0.39 is 0 Å². The third-order valence-electron chi connectivity index (χ3n) is 4.56. The van der Waals surface area contributed by atoms with Crippen molar-refractivity contribution < 1.29 is 18.8 Å². The van der Waals surface area contributed by atoms with Gasteiger partial charge in [-0.2, -0.15) is 4.98 Å². The van der Waals surface area contributed by atoms with Gasteiger partial charge in [-0.05, 0) is 25.5 Å². The fourth-order valence-electron chi connectivity index (χ4n) is 3.11. The maximum atomic E-state index is 12.6. The number of aryl methyl sites for hydroxylation is 1. The van der Waals surface area contributed by atoms with Crippen molar-refractivity contribution in [3.63, 3.8) is 0 Å². The van der Waals surface area contributed by atoms with Gasteiger partial charge in [-0.1, -0.05) is 5.16 Å². The molecule has 2 aromatic heterocycles. The summed E-state index contributed by atoms with van der Waals surface area (Å²) in [4.78, 5) is 36.4. The number of ether oxygens (including phenoxy) is 1. The van der Waals surface area contributed by atoms with Crippen LogP contribution in [0.5, 0.6) is 0 Å². The van der Waals surface area contributed by atoms with Gasteiger partial charge in [0.05, 0.1) is 13.2 Å². The molecule has 1 fully saturated rings. The number of esters is 1. The summed E-state index contributed by atoms with van der Waals surface area (Å²) >= 11 is 0. The predicted molar refractivity (Wildman–Crippen MR) is 100 cm³/mol. The molecule has 0 spiro atoms. The van der Waals surface area contributed by atoms with Crippen LogP contribution in [-0.4, -0.2) is 76.1 Å². The second-order valence-electron chi connectivity index (χ2n) is 6.56. The van der Waals surface area contributed by atoms with Crippen molar-refractivity contribution in [2.24, 2.45) is 0 Å². The van der Waals surface area contributed by atoms with Gasteiger partial charge in [0.1, 0.15) is 0 Å². The van der Waals surface area contributed by atoms with Crippen LogP contribution in [0, 0.1) is 0 Å². The third kappa shape index (κ3) is 5.59. The van der Waals surface area contributed by atoms with Crippen LogP contribution in [0.2, 0.25) is 0 Å². The molecule has 9 heteroatoms. The highest BCUT2D eigenvalue weighted by molar-refractivity contribution is 5.76. The predicted octanol–water partition coefficient (Wildman–Crippen LogP) is 1.16. The molecule has 2 aromatic rings. The second-order valence-corrected chi connectivity index (χ2v) is 6.56. The average molecular weight is 387 g/mol. The maximum Gasteiger partial charge on any atom is 0.320 e. The number of hydrogen-bond acceptors (Lipinski definition) is 8. The fraction of sp³-hybridized carbons (Fsp3) is 0.526. The van der Waals surface area contributed by atoms with Crippen LogP contribution >= 0.6 is 0 Å². The topological polar surface area (TPSA) is 102 Å². The minimum absolute atomic E-state index is 0.0571. The zero-order valence-electron chi connectivity index (χ0n) is 16.0. The smallest absolute Gasteiger partial charge is 0.320 e. The van der Waals surface area contributed by atoms with Gasteiger partial charge in [-0.3, -0.25) is 19.5 Å². The van der Waals surface area contributed by atoms with Crippen LogP contribution < -0.4 is 0 Å². The van der Waals surface area contributed by atoms with E-state index >= 15 is 0 Å². The fourth-order valence-corrected chi connectivity index (χ4v) is 3.11. The largest absolute Gasteiger partial charge is 0.465 e. The Bertz CT molecular complexity index is 780. The molecule has 0 N–H and O–H groups in total. The van der Waals surface area contributed by atoms with Gasteiger partial charge in [-0.15, -0.1) is 0 Å². The molecule has 0 atom stereocenters. The molecule has 1 saturated heterocycles. The number of pyridine rings is 1. The standard InChI is InChI=1S/C19H25N5O4/c1-2-27-18(26)14-23-10-3-11-24(13-12-23)17(25)5-4-16-21-19(22-28-16)15-6-8-20-9-7-15/h6-9H,2-5,10-14H2,1H3. The van der Waals surface area contributed by atoms with Gasteiger partial charge in [-0.25, -0.2) is 0 Å². The lowest BCUT2D eigenvalue weighted by atomic mass is 10.2. The Hall–Kier alpha value is -2.81. The molecule has 9 nitrogen and oxygen atoms in total. The van der Waals surface area contributed by atoms with Crippen molar-refractivity contribution >= 4 is 11.9 Å². The van der Waals surface area contributed by atoms with Crippen molar-refractivity contribution in [3.05, 3.63) is 30.4 Å². The third-order valence-corrected chi connectivity index (χ3v) is 4.56. The lowest BCUT2D eigenvalue weighted by Crippen LogP contribution is -2.37. The first kappa shape index (κ1) is 19.9. The highest BCUT2D eigenvalue weighted by atomic mass is 16.5. The Labute approximate surface area is 163 Å². The number of hydrogen-bond donors (Lipinski definition) is 0. The highest BCUT2D eigenvalue weighted by Gasteiger charge is 2.21. The Morgan fingerprint density at radius 3 is 2.79 bits per heavy atom. The summed E-state index contributed by atoms with van der Waals surface area (Å²) in [6.45, 7) is 5.18. The molecule has 0 radical (unpaired) electrons. The molecule has 3 rings (SSSR count). The highest BCUT2D eigenvalue weighted by Crippen LogP contribution is 2.15. The van der Waals surface area contributed by atoms with E-state index in [-0.39, 0.29) is 18.4 Å². The minimum atomic E-state index is -0.219. The quantitative estimate of drug-likeness (QED) is 0.652. The molecule has 28 heavy (non-hydrogen) atoms. The second kappa shape index (κ2) is 9.93. The van der Waals surface area contributed by atoms with Crippen LogP contribution in [0.15, 0.2) is 29.0 Å². The maximum absolute atomic E-state index is 12.6. The molecular formula is C19H25N5O4. The van der Waals surface area contributed by atoms with E-state index in [1.165, 1.54) is 0 Å². The van der Waals surface area contributed by atoms with E-state index in [0.717, 1.165) is 18.5 Å². The van der Waals surface area contributed by atoms with Crippen LogP contribution in [-0.2, 0) is 20.7 Å². The van der Waals surface area contributed by atoms with Gasteiger partial charge < -0.3 is 14.2 Å². The number of amides is 1. The first-order valence-electron chi connectivity index (χ1n) is 9.54. The van der Waals surface area contributed by atoms with Crippen LogP contribution in [0.1, 0.15) is 25.7 Å². The van der Waals surface area contributed by atoms with Crippen LogP contribution in [0.4, 0.5) is 0 Å². The van der Waals surface area contributed by atoms with Gasteiger partial charge in [0, 0.05) is 57.0 Å². The van der Waals surface area contributed by atoms with Crippen LogP contribution in [0.25, 0.3) is 11.4 Å². The number of aromatic nitrogens is 3. The summed E-state index contributed by atoms with van der Waals surface area (Å²) in [7, 11) is 0. The van der Waals surface area contributed by atoms with Gasteiger partial charge in [0.15, 0.2) is 0 Å². The Balaban J connectivity index is 1.46. The van der Waals surface area contributed by atoms with E-state index in [4.69, 9.17) is 9.26 Å². The molecule has 150 valence electrons. The lowest BCUT2D eigenvalue weighted by molar-refractivity contribution is -0.144. The molecule has 0 unspecified atom stereocenters. The monoisotopic (exact) mass is 387 g/mol. The van der Waals surface area contributed by atoms with Gasteiger partial charge in [0.25, 0.3) is 0 Å². The minimum Gasteiger partial charge on any atom is -0.465 e. The Kier molecular flexibility index (Phi) is 7.07. The summed E-state index contributed by atoms with van der Waals surface area (Å²) in [6, 6.07) is 3.61. The Morgan fingerprint density at radius 1 is 1.18 bits per heavy atom. The van der Waals surface area contributed by atoms with Crippen molar-refractivity contribution in [1.82, 2.24) is 24.9 Å². The first-order valence-corrected chi connectivity index (χ1v) is 9.54. The van der Waals surface area contributed by atoms with Crippen molar-refractivity contribution in [2.45, 2.75) is 26.2 Å². The number of rotatable bonds is 7. The number of nitrogens with zero attached hydrogens (tertiary/aromatic N) is 5. The van der Waals surface area contributed by atoms with Crippen molar-refractivity contribution in [2.75, 3.05) is 39.3 Å². The lowest BCUT2D eigenvalue weighted by Gasteiger charge is -2.21. The van der Waals surface area contributed by atoms with E-state index in [9.17, 15) is 9.59 Å². The average Bonchev–Trinajstić information content (AvgIpc) is 3.06. The summed E-state index contributed by atoms with van der Waals surface area (Å²) < 4.78 is 10.2. The summed E-state index contributed by atoms with van der Waals surface area (Å²) in [5.74, 6) is 0.776. The molecule has 0 aliphatic carbocycles. The molecule has 0 bridgehead atoms. The van der Waals surface area contributed by atoms with E-state index in [1.54, 1.807) is 31.5 Å². The molecule has 1 aliphatic heterocycles. The summed E-state index contributed by atoms with van der Waals surface area (Å²) in [6.07, 6.45) is 4.88. The molecular weight excluding hydrogens is 362 g/mol. The van der Waals surface area contributed by atoms with E-state index in [0.29, 0.717) is 50.8 Å². The zero-order valence-corrected chi connectivity index (χ0v) is 16.0. The van der Waals surface area contributed by atoms with Gasteiger partial charge >= 0.3 is 5.97 Å². The van der Waals surface area contributed by atoms with Gasteiger partial charge in [0.2, 0.25) is 17.6 Å². The summed E-state index contributed by atoms with van der Waals surface area (Å²) in [5, 5.41) is 3.96. The van der Waals surface area contributed by atoms with E-state index in [2.05, 4.69) is 15.1 Å². The molecule has 1 aliphatic rings. The zero-order chi connectivity index (χ0) is 19.8. The normalized spacial score (nSPS) is 15.2. The molecule has 1 amide bonds. The van der Waals surface area contributed by atoms with Crippen molar-refractivity contribution in [3.8, 4) is 11.4 Å². The number of carbonyl (C=O) groups is 2. The van der Waals surface area contributed by atoms with Crippen LogP contribution in [0.3, 0.4) is 0 Å². The first-order chi connectivity index (χ1) is 13.7. The van der Waals surface area contributed by atoms with Crippen molar-refractivity contribution in [1.29, 1.82) is 0 Å². The Morgan fingerprint density at radius 2 is 2.00 bits per heavy atom. The molecule has 0 aromatic carbocycles. The van der Waals surface area contributed by atoms with E-state index in [1.807, 2.05) is 9.80 Å². The molecule has 3 heterocycles. The molecule has 0 saturated carbocycles.